The number of rotatable bonds is 3. The number of nitrogens with zero attached hydrogens (tertiary/aromatic N) is 3. The number of amides is 1. The summed E-state index contributed by atoms with van der Waals surface area (Å²) in [5.74, 6) is 0.780. The molecule has 1 aromatic carbocycles. The third kappa shape index (κ3) is 4.08. The highest BCUT2D eigenvalue weighted by atomic mass is 35.5. The van der Waals surface area contributed by atoms with E-state index >= 15 is 0 Å². The Balaban J connectivity index is 1.58. The van der Waals surface area contributed by atoms with E-state index in [0.717, 1.165) is 11.4 Å². The molecule has 6 heteroatoms. The topological polar surface area (TPSA) is 36.4 Å². The van der Waals surface area contributed by atoms with Crippen molar-refractivity contribution >= 4 is 41.0 Å². The molecule has 0 N–H and O–H groups in total. The summed E-state index contributed by atoms with van der Waals surface area (Å²) in [6.45, 7) is 2.72. The van der Waals surface area contributed by atoms with Crippen LogP contribution < -0.4 is 4.90 Å². The minimum atomic E-state index is 0.00161. The van der Waals surface area contributed by atoms with E-state index in [9.17, 15) is 4.79 Å². The summed E-state index contributed by atoms with van der Waals surface area (Å²) in [5.41, 5.74) is 0.912. The van der Waals surface area contributed by atoms with Crippen molar-refractivity contribution in [2.45, 2.75) is 0 Å². The first-order valence-corrected chi connectivity index (χ1v) is 8.47. The van der Waals surface area contributed by atoms with Crippen LogP contribution in [0.1, 0.15) is 5.56 Å². The predicted molar refractivity (Wildman–Crippen MR) is 98.5 cm³/mol. The molecule has 1 amide bonds. The largest absolute Gasteiger partial charge is 0.352 e. The van der Waals surface area contributed by atoms with Gasteiger partial charge in [-0.05, 0) is 35.9 Å². The molecule has 0 saturated carbocycles. The van der Waals surface area contributed by atoms with Crippen LogP contribution in [0, 0.1) is 0 Å². The molecule has 1 saturated heterocycles. The van der Waals surface area contributed by atoms with Crippen molar-refractivity contribution in [1.82, 2.24) is 9.88 Å². The zero-order valence-electron chi connectivity index (χ0n) is 13.0. The maximum atomic E-state index is 12.3. The van der Waals surface area contributed by atoms with Gasteiger partial charge in [0.05, 0.1) is 5.02 Å². The first-order valence-electron chi connectivity index (χ1n) is 7.71. The molecule has 3 rings (SSSR count). The maximum absolute atomic E-state index is 12.3. The van der Waals surface area contributed by atoms with Gasteiger partial charge in [-0.3, -0.25) is 4.79 Å². The van der Waals surface area contributed by atoms with E-state index < -0.39 is 0 Å². The Bertz CT molecular complexity index is 755. The molecule has 124 valence electrons. The first kappa shape index (κ1) is 16.8. The molecular formula is C18H17Cl2N3O. The Labute approximate surface area is 151 Å². The number of halogens is 2. The van der Waals surface area contributed by atoms with E-state index in [2.05, 4.69) is 9.88 Å². The van der Waals surface area contributed by atoms with Gasteiger partial charge < -0.3 is 9.80 Å². The second kappa shape index (κ2) is 7.69. The van der Waals surface area contributed by atoms with Crippen molar-refractivity contribution in [2.24, 2.45) is 0 Å². The van der Waals surface area contributed by atoms with Gasteiger partial charge in [-0.2, -0.15) is 0 Å². The van der Waals surface area contributed by atoms with Gasteiger partial charge in [0.2, 0.25) is 5.91 Å². The van der Waals surface area contributed by atoms with Crippen molar-refractivity contribution in [2.75, 3.05) is 31.1 Å². The quantitative estimate of drug-likeness (QED) is 0.781. The van der Waals surface area contributed by atoms with Crippen molar-refractivity contribution in [3.8, 4) is 0 Å². The fourth-order valence-electron chi connectivity index (χ4n) is 2.63. The first-order chi connectivity index (χ1) is 11.6. The molecule has 2 heterocycles. The van der Waals surface area contributed by atoms with E-state index in [0.29, 0.717) is 36.2 Å². The molecule has 0 bridgehead atoms. The number of anilines is 1. The summed E-state index contributed by atoms with van der Waals surface area (Å²) in [7, 11) is 0. The fourth-order valence-corrected chi connectivity index (χ4v) is 3.07. The van der Waals surface area contributed by atoms with Gasteiger partial charge in [-0.25, -0.2) is 4.98 Å². The highest BCUT2D eigenvalue weighted by Gasteiger charge is 2.21. The SMILES string of the molecule is O=C(/C=C/c1cccc(Cl)c1)N1CCN(c2ncccc2Cl)CC1. The number of hydrogen-bond acceptors (Lipinski definition) is 3. The van der Waals surface area contributed by atoms with Gasteiger partial charge >= 0.3 is 0 Å². The average molecular weight is 362 g/mol. The van der Waals surface area contributed by atoms with Crippen LogP contribution in [0.5, 0.6) is 0 Å². The Hall–Kier alpha value is -2.04. The molecule has 2 aromatic rings. The van der Waals surface area contributed by atoms with Crippen LogP contribution in [-0.2, 0) is 4.79 Å². The Morgan fingerprint density at radius 2 is 1.88 bits per heavy atom. The number of carbonyl (C=O) groups is 1. The maximum Gasteiger partial charge on any atom is 0.246 e. The minimum absolute atomic E-state index is 0.00161. The Morgan fingerprint density at radius 1 is 1.08 bits per heavy atom. The number of benzene rings is 1. The molecule has 0 radical (unpaired) electrons. The van der Waals surface area contributed by atoms with Crippen LogP contribution >= 0.6 is 23.2 Å². The Kier molecular flexibility index (Phi) is 5.38. The molecule has 24 heavy (non-hydrogen) atoms. The Morgan fingerprint density at radius 3 is 2.58 bits per heavy atom. The highest BCUT2D eigenvalue weighted by Crippen LogP contribution is 2.23. The zero-order valence-corrected chi connectivity index (χ0v) is 14.5. The van der Waals surface area contributed by atoms with E-state index in [-0.39, 0.29) is 5.91 Å². The summed E-state index contributed by atoms with van der Waals surface area (Å²) in [6.07, 6.45) is 5.11. The second-order valence-electron chi connectivity index (χ2n) is 5.51. The molecule has 0 spiro atoms. The smallest absolute Gasteiger partial charge is 0.246 e. The van der Waals surface area contributed by atoms with E-state index in [1.54, 1.807) is 18.3 Å². The lowest BCUT2D eigenvalue weighted by Crippen LogP contribution is -2.48. The number of piperazine rings is 1. The van der Waals surface area contributed by atoms with Crippen LogP contribution in [0.3, 0.4) is 0 Å². The van der Waals surface area contributed by atoms with Crippen molar-refractivity contribution in [3.63, 3.8) is 0 Å². The third-order valence-corrected chi connectivity index (χ3v) is 4.43. The van der Waals surface area contributed by atoms with E-state index in [1.165, 1.54) is 0 Å². The second-order valence-corrected chi connectivity index (χ2v) is 6.35. The molecule has 0 atom stereocenters. The molecule has 1 aliphatic rings. The molecule has 1 fully saturated rings. The summed E-state index contributed by atoms with van der Waals surface area (Å²) >= 11 is 12.1. The number of carbonyl (C=O) groups excluding carboxylic acids is 1. The van der Waals surface area contributed by atoms with Gasteiger partial charge in [0, 0.05) is 43.5 Å². The van der Waals surface area contributed by atoms with Crippen LogP contribution in [0.25, 0.3) is 6.08 Å². The molecule has 4 nitrogen and oxygen atoms in total. The average Bonchev–Trinajstić information content (AvgIpc) is 2.60. The summed E-state index contributed by atoms with van der Waals surface area (Å²) < 4.78 is 0. The van der Waals surface area contributed by atoms with E-state index in [4.69, 9.17) is 23.2 Å². The van der Waals surface area contributed by atoms with Crippen molar-refractivity contribution in [1.29, 1.82) is 0 Å². The number of hydrogen-bond donors (Lipinski definition) is 0. The fraction of sp³-hybridized carbons (Fsp3) is 0.222. The van der Waals surface area contributed by atoms with Crippen LogP contribution in [0.15, 0.2) is 48.7 Å². The normalized spacial score (nSPS) is 15.1. The lowest BCUT2D eigenvalue weighted by atomic mass is 10.2. The zero-order chi connectivity index (χ0) is 16.9. The molecular weight excluding hydrogens is 345 g/mol. The van der Waals surface area contributed by atoms with Crippen molar-refractivity contribution < 1.29 is 4.79 Å². The van der Waals surface area contributed by atoms with Crippen molar-refractivity contribution in [3.05, 3.63) is 64.3 Å². The van der Waals surface area contributed by atoms with Gasteiger partial charge in [0.15, 0.2) is 0 Å². The monoisotopic (exact) mass is 361 g/mol. The number of aromatic nitrogens is 1. The summed E-state index contributed by atoms with van der Waals surface area (Å²) in [5, 5.41) is 1.29. The van der Waals surface area contributed by atoms with Crippen LogP contribution in [-0.4, -0.2) is 42.0 Å². The molecule has 1 aromatic heterocycles. The van der Waals surface area contributed by atoms with E-state index in [1.807, 2.05) is 41.3 Å². The summed E-state index contributed by atoms with van der Waals surface area (Å²) in [6, 6.07) is 11.1. The van der Waals surface area contributed by atoms with Crippen LogP contribution in [0.4, 0.5) is 5.82 Å². The van der Waals surface area contributed by atoms with Crippen LogP contribution in [0.2, 0.25) is 10.0 Å². The van der Waals surface area contributed by atoms with Gasteiger partial charge in [0.25, 0.3) is 0 Å². The molecule has 1 aliphatic heterocycles. The molecule has 0 unspecified atom stereocenters. The highest BCUT2D eigenvalue weighted by molar-refractivity contribution is 6.33. The summed E-state index contributed by atoms with van der Waals surface area (Å²) in [4.78, 5) is 20.6. The van der Waals surface area contributed by atoms with Gasteiger partial charge in [0.1, 0.15) is 5.82 Å². The van der Waals surface area contributed by atoms with Gasteiger partial charge in [-0.1, -0.05) is 35.3 Å². The lowest BCUT2D eigenvalue weighted by molar-refractivity contribution is -0.126. The molecule has 0 aliphatic carbocycles. The minimum Gasteiger partial charge on any atom is -0.352 e. The predicted octanol–water partition coefficient (Wildman–Crippen LogP) is 3.75. The number of pyridine rings is 1. The lowest BCUT2D eigenvalue weighted by Gasteiger charge is -2.35. The van der Waals surface area contributed by atoms with Gasteiger partial charge in [-0.15, -0.1) is 0 Å². The third-order valence-electron chi connectivity index (χ3n) is 3.90. The standard InChI is InChI=1S/C18H17Cl2N3O/c19-15-4-1-3-14(13-15)6-7-17(24)22-9-11-23(12-10-22)18-16(20)5-2-8-21-18/h1-8,13H,9-12H2/b7-6+.